The van der Waals surface area contributed by atoms with Gasteiger partial charge in [-0.25, -0.2) is 4.57 Å². The van der Waals surface area contributed by atoms with Gasteiger partial charge in [0.2, 0.25) is 0 Å². The van der Waals surface area contributed by atoms with E-state index in [1.165, 1.54) is 0 Å². The van der Waals surface area contributed by atoms with Crippen LogP contribution in [0.2, 0.25) is 0 Å². The Morgan fingerprint density at radius 1 is 0.783 bits per heavy atom. The zero-order chi connectivity index (χ0) is 17.6. The highest BCUT2D eigenvalue weighted by atomic mass is 31.2. The van der Waals surface area contributed by atoms with Gasteiger partial charge in [0.1, 0.15) is 0 Å². The first kappa shape index (κ1) is 23.2. The predicted octanol–water partition coefficient (Wildman–Crippen LogP) is 2.18. The number of rotatable bonds is 16. The highest BCUT2D eigenvalue weighted by Gasteiger charge is 2.20. The normalized spacial score (nSPS) is 16.9. The van der Waals surface area contributed by atoms with Crippen LogP contribution in [0.5, 0.6) is 0 Å². The lowest BCUT2D eigenvalue weighted by Crippen LogP contribution is -2.10. The van der Waals surface area contributed by atoms with E-state index in [9.17, 15) is 18.9 Å². The van der Waals surface area contributed by atoms with Crippen LogP contribution in [0.1, 0.15) is 26.7 Å². The molecule has 0 radical (unpaired) electrons. The van der Waals surface area contributed by atoms with Crippen LogP contribution in [0.4, 0.5) is 0 Å². The maximum atomic E-state index is 11.5. The van der Waals surface area contributed by atoms with Gasteiger partial charge in [-0.2, -0.15) is 0 Å². The molecule has 0 aromatic rings. The minimum absolute atomic E-state index is 0.0414. The largest absolute Gasteiger partial charge is 0.472 e. The molecule has 0 saturated heterocycles. The minimum Gasteiger partial charge on any atom is -0.381 e. The van der Waals surface area contributed by atoms with Gasteiger partial charge in [-0.1, -0.05) is 13.3 Å². The molecule has 0 aromatic heterocycles. The van der Waals surface area contributed by atoms with E-state index in [0.29, 0.717) is 13.0 Å². The van der Waals surface area contributed by atoms with Gasteiger partial charge in [0.05, 0.1) is 45.8 Å². The van der Waals surface area contributed by atoms with Crippen LogP contribution in [0.15, 0.2) is 0 Å². The van der Waals surface area contributed by atoms with Gasteiger partial charge in [0, 0.05) is 6.61 Å². The molecule has 0 spiro atoms. The van der Waals surface area contributed by atoms with E-state index in [2.05, 4.69) is 0 Å². The van der Waals surface area contributed by atoms with Gasteiger partial charge in [-0.3, -0.25) is 13.6 Å². The fourth-order valence-corrected chi connectivity index (χ4v) is 2.89. The summed E-state index contributed by atoms with van der Waals surface area (Å²) in [4.78, 5) is 18.7. The maximum Gasteiger partial charge on any atom is 0.472 e. The SMILES string of the molecule is CCCCOP(=O)(O)OCCOCCOP(=O)(O)CCOCC. The zero-order valence-electron chi connectivity index (χ0n) is 13.7. The van der Waals surface area contributed by atoms with Crippen LogP contribution in [0.25, 0.3) is 0 Å². The molecule has 140 valence electrons. The summed E-state index contributed by atoms with van der Waals surface area (Å²) >= 11 is 0. The Labute approximate surface area is 137 Å². The van der Waals surface area contributed by atoms with E-state index in [-0.39, 0.29) is 45.8 Å². The summed E-state index contributed by atoms with van der Waals surface area (Å²) in [6.45, 7) is 4.43. The lowest BCUT2D eigenvalue weighted by Gasteiger charge is -2.13. The maximum absolute atomic E-state index is 11.5. The third-order valence-electron chi connectivity index (χ3n) is 2.48. The Morgan fingerprint density at radius 2 is 1.39 bits per heavy atom. The fraction of sp³-hybridized carbons (Fsp3) is 1.00. The third kappa shape index (κ3) is 15.4. The van der Waals surface area contributed by atoms with Gasteiger partial charge >= 0.3 is 15.4 Å². The first-order chi connectivity index (χ1) is 10.8. The summed E-state index contributed by atoms with van der Waals surface area (Å²) < 4.78 is 47.2. The molecule has 11 heteroatoms. The Hall–Kier alpha value is 0.180. The highest BCUT2D eigenvalue weighted by Crippen LogP contribution is 2.43. The quantitative estimate of drug-likeness (QED) is 0.307. The average Bonchev–Trinajstić information content (AvgIpc) is 2.46. The lowest BCUT2D eigenvalue weighted by atomic mass is 10.4. The topological polar surface area (TPSA) is 121 Å². The molecule has 0 saturated carbocycles. The third-order valence-corrected chi connectivity index (χ3v) is 4.83. The average molecular weight is 378 g/mol. The molecular weight excluding hydrogens is 350 g/mol. The van der Waals surface area contributed by atoms with Crippen LogP contribution >= 0.6 is 15.4 Å². The van der Waals surface area contributed by atoms with Crippen molar-refractivity contribution in [2.75, 3.05) is 52.4 Å². The molecule has 2 unspecified atom stereocenters. The minimum atomic E-state index is -4.03. The molecule has 0 rings (SSSR count). The Morgan fingerprint density at radius 3 is 2.00 bits per heavy atom. The molecule has 0 aromatic carbocycles. The monoisotopic (exact) mass is 378 g/mol. The fourth-order valence-electron chi connectivity index (χ4n) is 1.30. The van der Waals surface area contributed by atoms with E-state index < -0.39 is 15.4 Å². The van der Waals surface area contributed by atoms with Gasteiger partial charge in [-0.15, -0.1) is 0 Å². The van der Waals surface area contributed by atoms with E-state index in [1.807, 2.05) is 6.92 Å². The molecule has 9 nitrogen and oxygen atoms in total. The molecule has 0 aliphatic carbocycles. The smallest absolute Gasteiger partial charge is 0.381 e. The second-order valence-electron chi connectivity index (χ2n) is 4.49. The summed E-state index contributed by atoms with van der Waals surface area (Å²) in [5.41, 5.74) is 0. The van der Waals surface area contributed by atoms with Crippen molar-refractivity contribution >= 4 is 15.4 Å². The predicted molar refractivity (Wildman–Crippen MR) is 84.6 cm³/mol. The van der Waals surface area contributed by atoms with E-state index in [0.717, 1.165) is 6.42 Å². The summed E-state index contributed by atoms with van der Waals surface area (Å²) in [5.74, 6) is 0. The summed E-state index contributed by atoms with van der Waals surface area (Å²) in [6, 6.07) is 0. The summed E-state index contributed by atoms with van der Waals surface area (Å²) in [5, 5.41) is 0. The van der Waals surface area contributed by atoms with Crippen molar-refractivity contribution in [1.82, 2.24) is 0 Å². The Kier molecular flexibility index (Phi) is 13.6. The molecule has 0 bridgehead atoms. The van der Waals surface area contributed by atoms with Crippen molar-refractivity contribution in [2.24, 2.45) is 0 Å². The molecular formula is C12H28O9P2. The van der Waals surface area contributed by atoms with E-state index in [1.54, 1.807) is 6.92 Å². The number of unbranched alkanes of at least 4 members (excludes halogenated alkanes) is 1. The lowest BCUT2D eigenvalue weighted by molar-refractivity contribution is 0.0584. The van der Waals surface area contributed by atoms with Crippen molar-refractivity contribution in [3.05, 3.63) is 0 Å². The van der Waals surface area contributed by atoms with Crippen LogP contribution in [-0.2, 0) is 32.2 Å². The number of hydrogen-bond acceptors (Lipinski definition) is 7. The van der Waals surface area contributed by atoms with E-state index in [4.69, 9.17) is 23.0 Å². The molecule has 2 atom stereocenters. The van der Waals surface area contributed by atoms with Crippen molar-refractivity contribution in [3.8, 4) is 0 Å². The van der Waals surface area contributed by atoms with Crippen LogP contribution in [0.3, 0.4) is 0 Å². The molecule has 0 heterocycles. The molecule has 0 aliphatic heterocycles. The highest BCUT2D eigenvalue weighted by molar-refractivity contribution is 7.52. The molecule has 2 N–H and O–H groups in total. The van der Waals surface area contributed by atoms with Crippen LogP contribution in [0, 0.1) is 0 Å². The molecule has 0 amide bonds. The number of phosphoric ester groups is 1. The standard InChI is InChI=1S/C12H28O9P2/c1-3-5-6-20-23(15,16)21-10-8-18-7-9-19-22(13,14)12-11-17-4-2/h3-12H2,1-2H3,(H,13,14)(H,15,16). The van der Waals surface area contributed by atoms with Gasteiger partial charge in [0.15, 0.2) is 0 Å². The number of hydrogen-bond donors (Lipinski definition) is 2. The van der Waals surface area contributed by atoms with Gasteiger partial charge < -0.3 is 23.8 Å². The molecule has 0 fully saturated rings. The second kappa shape index (κ2) is 13.5. The first-order valence-electron chi connectivity index (χ1n) is 7.56. The Balaban J connectivity index is 3.58. The first-order valence-corrected chi connectivity index (χ1v) is 10.8. The van der Waals surface area contributed by atoms with Gasteiger partial charge in [-0.05, 0) is 13.3 Å². The summed E-state index contributed by atoms with van der Waals surface area (Å²) in [6.07, 6.45) is 1.45. The number of phosphoric acid groups is 1. The molecule has 0 aliphatic rings. The zero-order valence-corrected chi connectivity index (χ0v) is 15.5. The van der Waals surface area contributed by atoms with Crippen molar-refractivity contribution in [3.63, 3.8) is 0 Å². The van der Waals surface area contributed by atoms with Crippen LogP contribution in [-0.4, -0.2) is 62.2 Å². The summed E-state index contributed by atoms with van der Waals surface area (Å²) in [7, 11) is -7.69. The van der Waals surface area contributed by atoms with Crippen LogP contribution < -0.4 is 0 Å². The van der Waals surface area contributed by atoms with Crippen molar-refractivity contribution in [1.29, 1.82) is 0 Å². The number of ether oxygens (including phenoxy) is 2. The van der Waals surface area contributed by atoms with Crippen molar-refractivity contribution < 1.29 is 42.0 Å². The van der Waals surface area contributed by atoms with Gasteiger partial charge in [0.25, 0.3) is 0 Å². The second-order valence-corrected chi connectivity index (χ2v) is 7.93. The van der Waals surface area contributed by atoms with E-state index >= 15 is 0 Å². The van der Waals surface area contributed by atoms with Crippen molar-refractivity contribution in [2.45, 2.75) is 26.7 Å². The molecule has 23 heavy (non-hydrogen) atoms. The Bertz CT molecular complexity index is 344.